The number of hydrogen-bond acceptors (Lipinski definition) is 2. The number of rotatable bonds is 3. The standard InChI is InChI=1S/C18H16Cl2N2O2/c1-11-4-2-5-13(8-11)21-18(24)12-9-16(23)22(10-12)15-7-3-6-14(19)17(15)20/h2-8,12H,9-10H2,1H3,(H,21,24). The molecule has 4 nitrogen and oxygen atoms in total. The molecule has 1 heterocycles. The number of carbonyl (C=O) groups excluding carboxylic acids is 2. The first-order chi connectivity index (χ1) is 11.5. The third-order valence-electron chi connectivity index (χ3n) is 4.00. The summed E-state index contributed by atoms with van der Waals surface area (Å²) in [6, 6.07) is 12.7. The molecule has 24 heavy (non-hydrogen) atoms. The summed E-state index contributed by atoms with van der Waals surface area (Å²) < 4.78 is 0. The van der Waals surface area contributed by atoms with Crippen molar-refractivity contribution in [2.24, 2.45) is 5.92 Å². The lowest BCUT2D eigenvalue weighted by molar-refractivity contribution is -0.122. The average Bonchev–Trinajstić information content (AvgIpc) is 2.92. The van der Waals surface area contributed by atoms with Crippen LogP contribution in [-0.2, 0) is 9.59 Å². The van der Waals surface area contributed by atoms with Crippen LogP contribution in [0.4, 0.5) is 11.4 Å². The fraction of sp³-hybridized carbons (Fsp3) is 0.222. The average molecular weight is 363 g/mol. The van der Waals surface area contributed by atoms with Gasteiger partial charge in [-0.1, -0.05) is 41.4 Å². The van der Waals surface area contributed by atoms with Crippen molar-refractivity contribution in [3.63, 3.8) is 0 Å². The van der Waals surface area contributed by atoms with Crippen LogP contribution in [0.25, 0.3) is 0 Å². The zero-order chi connectivity index (χ0) is 17.3. The highest BCUT2D eigenvalue weighted by atomic mass is 35.5. The van der Waals surface area contributed by atoms with Gasteiger partial charge in [-0.05, 0) is 36.8 Å². The van der Waals surface area contributed by atoms with E-state index in [1.807, 2.05) is 31.2 Å². The topological polar surface area (TPSA) is 49.4 Å². The molecular weight excluding hydrogens is 347 g/mol. The minimum absolute atomic E-state index is 0.136. The summed E-state index contributed by atoms with van der Waals surface area (Å²) in [5.74, 6) is -0.730. The quantitative estimate of drug-likeness (QED) is 0.884. The molecule has 1 atom stereocenters. The number of nitrogens with zero attached hydrogens (tertiary/aromatic N) is 1. The minimum atomic E-state index is -0.423. The van der Waals surface area contributed by atoms with E-state index in [0.29, 0.717) is 15.7 Å². The second-order valence-electron chi connectivity index (χ2n) is 5.84. The predicted octanol–water partition coefficient (Wildman–Crippen LogP) is 4.29. The molecular formula is C18H16Cl2N2O2. The van der Waals surface area contributed by atoms with E-state index in [4.69, 9.17) is 23.2 Å². The van der Waals surface area contributed by atoms with Crippen LogP contribution >= 0.6 is 23.2 Å². The zero-order valence-electron chi connectivity index (χ0n) is 13.1. The van der Waals surface area contributed by atoms with Crippen LogP contribution in [-0.4, -0.2) is 18.4 Å². The largest absolute Gasteiger partial charge is 0.326 e. The zero-order valence-corrected chi connectivity index (χ0v) is 14.6. The first kappa shape index (κ1) is 16.8. The van der Waals surface area contributed by atoms with Gasteiger partial charge in [-0.25, -0.2) is 0 Å². The molecule has 0 radical (unpaired) electrons. The monoisotopic (exact) mass is 362 g/mol. The predicted molar refractivity (Wildman–Crippen MR) is 96.7 cm³/mol. The number of nitrogens with one attached hydrogen (secondary N) is 1. The Kier molecular flexibility index (Phi) is 4.78. The molecule has 124 valence electrons. The van der Waals surface area contributed by atoms with Crippen molar-refractivity contribution in [2.75, 3.05) is 16.8 Å². The molecule has 1 fully saturated rings. The van der Waals surface area contributed by atoms with Crippen LogP contribution < -0.4 is 10.2 Å². The van der Waals surface area contributed by atoms with E-state index in [1.165, 1.54) is 4.90 Å². The van der Waals surface area contributed by atoms with Gasteiger partial charge in [0, 0.05) is 18.7 Å². The van der Waals surface area contributed by atoms with Crippen molar-refractivity contribution < 1.29 is 9.59 Å². The van der Waals surface area contributed by atoms with Crippen LogP contribution in [0, 0.1) is 12.8 Å². The van der Waals surface area contributed by atoms with Crippen molar-refractivity contribution in [1.29, 1.82) is 0 Å². The first-order valence-electron chi connectivity index (χ1n) is 7.57. The van der Waals surface area contributed by atoms with Crippen LogP contribution in [0.15, 0.2) is 42.5 Å². The SMILES string of the molecule is Cc1cccc(NC(=O)C2CC(=O)N(c3cccc(Cl)c3Cl)C2)c1. The van der Waals surface area contributed by atoms with E-state index in [0.717, 1.165) is 11.3 Å². The fourth-order valence-electron chi connectivity index (χ4n) is 2.78. The van der Waals surface area contributed by atoms with Crippen LogP contribution in [0.1, 0.15) is 12.0 Å². The molecule has 0 spiro atoms. The molecule has 6 heteroatoms. The van der Waals surface area contributed by atoms with E-state index in [-0.39, 0.29) is 24.8 Å². The summed E-state index contributed by atoms with van der Waals surface area (Å²) in [6.07, 6.45) is 0.153. The van der Waals surface area contributed by atoms with E-state index in [1.54, 1.807) is 18.2 Å². The van der Waals surface area contributed by atoms with Crippen LogP contribution in [0.2, 0.25) is 10.0 Å². The van der Waals surface area contributed by atoms with Gasteiger partial charge in [-0.15, -0.1) is 0 Å². The Morgan fingerprint density at radius 2 is 1.96 bits per heavy atom. The molecule has 2 aromatic rings. The van der Waals surface area contributed by atoms with Crippen molar-refractivity contribution in [3.8, 4) is 0 Å². The van der Waals surface area contributed by atoms with Gasteiger partial charge < -0.3 is 10.2 Å². The summed E-state index contributed by atoms with van der Waals surface area (Å²) in [7, 11) is 0. The third kappa shape index (κ3) is 3.40. The summed E-state index contributed by atoms with van der Waals surface area (Å²) >= 11 is 12.2. The van der Waals surface area contributed by atoms with Gasteiger partial charge in [0.25, 0.3) is 0 Å². The highest BCUT2D eigenvalue weighted by Crippen LogP contribution is 2.35. The van der Waals surface area contributed by atoms with Gasteiger partial charge in [0.1, 0.15) is 0 Å². The molecule has 0 aromatic heterocycles. The summed E-state index contributed by atoms with van der Waals surface area (Å²) in [5, 5.41) is 3.58. The first-order valence-corrected chi connectivity index (χ1v) is 8.33. The molecule has 3 rings (SSSR count). The Balaban J connectivity index is 1.74. The molecule has 1 saturated heterocycles. The lowest BCUT2D eigenvalue weighted by atomic mass is 10.1. The lowest BCUT2D eigenvalue weighted by Crippen LogP contribution is -2.28. The maximum atomic E-state index is 12.5. The summed E-state index contributed by atoms with van der Waals surface area (Å²) in [6.45, 7) is 2.24. The fourth-order valence-corrected chi connectivity index (χ4v) is 3.18. The molecule has 0 aliphatic carbocycles. The Morgan fingerprint density at radius 3 is 2.71 bits per heavy atom. The third-order valence-corrected chi connectivity index (χ3v) is 4.81. The van der Waals surface area contributed by atoms with E-state index in [2.05, 4.69) is 5.32 Å². The number of aryl methyl sites for hydroxylation is 1. The van der Waals surface area contributed by atoms with E-state index >= 15 is 0 Å². The second-order valence-corrected chi connectivity index (χ2v) is 6.62. The molecule has 2 amide bonds. The smallest absolute Gasteiger partial charge is 0.229 e. The maximum Gasteiger partial charge on any atom is 0.229 e. The van der Waals surface area contributed by atoms with E-state index in [9.17, 15) is 9.59 Å². The van der Waals surface area contributed by atoms with Gasteiger partial charge in [-0.3, -0.25) is 9.59 Å². The molecule has 2 aromatic carbocycles. The lowest BCUT2D eigenvalue weighted by Gasteiger charge is -2.18. The van der Waals surface area contributed by atoms with Gasteiger partial charge in [-0.2, -0.15) is 0 Å². The highest BCUT2D eigenvalue weighted by Gasteiger charge is 2.36. The van der Waals surface area contributed by atoms with Crippen molar-refractivity contribution in [3.05, 3.63) is 58.1 Å². The minimum Gasteiger partial charge on any atom is -0.326 e. The molecule has 1 aliphatic heterocycles. The molecule has 0 bridgehead atoms. The maximum absolute atomic E-state index is 12.5. The van der Waals surface area contributed by atoms with Gasteiger partial charge >= 0.3 is 0 Å². The Morgan fingerprint density at radius 1 is 1.21 bits per heavy atom. The van der Waals surface area contributed by atoms with Gasteiger partial charge in [0.2, 0.25) is 11.8 Å². The number of amides is 2. The summed E-state index contributed by atoms with van der Waals surface area (Å²) in [4.78, 5) is 26.3. The number of carbonyl (C=O) groups is 2. The molecule has 1 unspecified atom stereocenters. The van der Waals surface area contributed by atoms with Gasteiger partial charge in [0.15, 0.2) is 0 Å². The Bertz CT molecular complexity index is 807. The molecule has 0 saturated carbocycles. The Hall–Kier alpha value is -2.04. The normalized spacial score (nSPS) is 17.2. The van der Waals surface area contributed by atoms with Crippen molar-refractivity contribution in [1.82, 2.24) is 0 Å². The van der Waals surface area contributed by atoms with Crippen LogP contribution in [0.5, 0.6) is 0 Å². The number of benzene rings is 2. The highest BCUT2D eigenvalue weighted by molar-refractivity contribution is 6.44. The van der Waals surface area contributed by atoms with Gasteiger partial charge in [0.05, 0.1) is 21.7 Å². The number of anilines is 2. The molecule has 1 N–H and O–H groups in total. The number of hydrogen-bond donors (Lipinski definition) is 1. The van der Waals surface area contributed by atoms with Crippen LogP contribution in [0.3, 0.4) is 0 Å². The molecule has 1 aliphatic rings. The van der Waals surface area contributed by atoms with Crippen molar-refractivity contribution in [2.45, 2.75) is 13.3 Å². The second kappa shape index (κ2) is 6.83. The van der Waals surface area contributed by atoms with Crippen molar-refractivity contribution >= 4 is 46.4 Å². The van der Waals surface area contributed by atoms with E-state index < -0.39 is 5.92 Å². The Labute approximate surface area is 150 Å². The number of halogens is 2. The summed E-state index contributed by atoms with van der Waals surface area (Å²) in [5.41, 5.74) is 2.33.